The third-order valence-corrected chi connectivity index (χ3v) is 12.6. The number of carbonyl (C=O) groups excluding carboxylic acids is 1. The average molecular weight is 455 g/mol. The van der Waals surface area contributed by atoms with Crippen molar-refractivity contribution in [3.05, 3.63) is 12.5 Å². The number of nitrogens with zero attached hydrogens (tertiary/aromatic N) is 3. The van der Waals surface area contributed by atoms with Crippen molar-refractivity contribution in [3.8, 4) is 11.2 Å². The summed E-state index contributed by atoms with van der Waals surface area (Å²) >= 11 is 0. The van der Waals surface area contributed by atoms with Gasteiger partial charge in [-0.15, -0.1) is 0 Å². The summed E-state index contributed by atoms with van der Waals surface area (Å²) in [6.07, 6.45) is 3.94. The topological polar surface area (TPSA) is 89.5 Å². The maximum Gasteiger partial charge on any atom is 0.410 e. The third kappa shape index (κ3) is 7.80. The third-order valence-electron chi connectivity index (χ3n) is 6.23. The maximum absolute atomic E-state index is 12.4. The van der Waals surface area contributed by atoms with Crippen LogP contribution in [0.1, 0.15) is 54.9 Å². The van der Waals surface area contributed by atoms with E-state index in [-0.39, 0.29) is 24.1 Å². The van der Waals surface area contributed by atoms with E-state index in [1.54, 1.807) is 4.90 Å². The Bertz CT molecular complexity index is 774. The first-order valence-corrected chi connectivity index (χ1v) is 14.2. The Kier molecular flexibility index (Phi) is 9.06. The Balaban J connectivity index is 2.76. The minimum absolute atomic E-state index is 0.0133. The summed E-state index contributed by atoms with van der Waals surface area (Å²) in [7, 11) is -2.07. The molecule has 1 aliphatic heterocycles. The lowest BCUT2D eigenvalue weighted by Crippen LogP contribution is -2.39. The van der Waals surface area contributed by atoms with Crippen molar-refractivity contribution in [3.63, 3.8) is 0 Å². The van der Waals surface area contributed by atoms with Crippen LogP contribution in [-0.4, -0.2) is 70.7 Å². The van der Waals surface area contributed by atoms with E-state index in [9.17, 15) is 4.79 Å². The fraction of sp³-hybridized carbons (Fsp3) is 0.696. The lowest BCUT2D eigenvalue weighted by atomic mass is 10.2. The second kappa shape index (κ2) is 10.4. The Morgan fingerprint density at radius 1 is 1.29 bits per heavy atom. The summed E-state index contributed by atoms with van der Waals surface area (Å²) in [6, 6.07) is 0.0133. The van der Waals surface area contributed by atoms with E-state index in [2.05, 4.69) is 54.9 Å². The molecule has 1 amide bonds. The molecule has 1 aliphatic rings. The number of hydrazone groups is 1. The van der Waals surface area contributed by atoms with Crippen LogP contribution in [0.5, 0.6) is 0 Å². The summed E-state index contributed by atoms with van der Waals surface area (Å²) in [6.45, 7) is 18.4. The number of thiol groups is 1. The molecule has 1 rings (SSSR count). The van der Waals surface area contributed by atoms with E-state index >= 15 is 0 Å². The predicted molar refractivity (Wildman–Crippen MR) is 135 cm³/mol. The van der Waals surface area contributed by atoms with Gasteiger partial charge >= 0.3 is 6.09 Å². The lowest BCUT2D eigenvalue weighted by Gasteiger charge is -2.52. The minimum Gasteiger partial charge on any atom is -0.473 e. The number of ether oxygens (including phenoxy) is 2. The van der Waals surface area contributed by atoms with Crippen molar-refractivity contribution in [2.45, 2.75) is 72.6 Å². The number of amides is 1. The highest BCUT2D eigenvalue weighted by molar-refractivity contribution is 8.52. The van der Waals surface area contributed by atoms with Gasteiger partial charge in [0.2, 0.25) is 5.88 Å². The van der Waals surface area contributed by atoms with E-state index in [1.165, 1.54) is 6.21 Å². The highest BCUT2D eigenvalue weighted by atomic mass is 32.3. The molecule has 1 fully saturated rings. The Hall–Kier alpha value is -2.14. The standard InChI is InChI=1S/C23H42N4O3S/c1-10-31(9,11-2,12-3)14-13-20(26-24)16-25-19(5)29-21-15-18(4)27(17-21)22(28)30-23(6,7)8/h16,18,21,31H,5,10-12,15,17,24H2,1-4,6-9H3/b25-16-,26-20+. The largest absolute Gasteiger partial charge is 0.473 e. The Morgan fingerprint density at radius 2 is 1.87 bits per heavy atom. The summed E-state index contributed by atoms with van der Waals surface area (Å²) in [5.74, 6) is 12.1. The second-order valence-corrected chi connectivity index (χ2v) is 16.4. The average Bonchev–Trinajstić information content (AvgIpc) is 3.07. The molecular formula is C23H42N4O3S. The van der Waals surface area contributed by atoms with Crippen molar-refractivity contribution in [2.75, 3.05) is 30.1 Å². The molecule has 0 aromatic rings. The van der Waals surface area contributed by atoms with Gasteiger partial charge in [-0.2, -0.15) is 5.10 Å². The molecule has 7 nitrogen and oxygen atoms in total. The van der Waals surface area contributed by atoms with Crippen LogP contribution in [0.4, 0.5) is 4.79 Å². The van der Waals surface area contributed by atoms with Crippen LogP contribution in [0, 0.1) is 11.2 Å². The molecule has 0 aromatic carbocycles. The van der Waals surface area contributed by atoms with Gasteiger partial charge in [0.05, 0.1) is 12.8 Å². The van der Waals surface area contributed by atoms with Crippen LogP contribution < -0.4 is 5.84 Å². The van der Waals surface area contributed by atoms with Crippen molar-refractivity contribution in [1.82, 2.24) is 4.90 Å². The van der Waals surface area contributed by atoms with Gasteiger partial charge in [-0.3, -0.25) is 0 Å². The molecule has 178 valence electrons. The molecule has 0 spiro atoms. The molecule has 0 radical (unpaired) electrons. The smallest absolute Gasteiger partial charge is 0.410 e. The SMILES string of the molecule is C=C(/N=C\C(C#C[SH](C)(CC)(CC)CC)=N\N)OC1CC(C)N(C(=O)OC(C)(C)C)C1. The highest BCUT2D eigenvalue weighted by Crippen LogP contribution is 2.64. The van der Waals surface area contributed by atoms with E-state index in [4.69, 9.17) is 15.3 Å². The first-order valence-electron chi connectivity index (χ1n) is 11.0. The Morgan fingerprint density at radius 3 is 2.35 bits per heavy atom. The molecule has 1 saturated heterocycles. The summed E-state index contributed by atoms with van der Waals surface area (Å²) in [5.41, 5.74) is -0.140. The van der Waals surface area contributed by atoms with Gasteiger partial charge in [-0.05, 0) is 63.7 Å². The number of hydrogen-bond acceptors (Lipinski definition) is 6. The van der Waals surface area contributed by atoms with Gasteiger partial charge in [0.25, 0.3) is 0 Å². The molecule has 0 saturated carbocycles. The lowest BCUT2D eigenvalue weighted by molar-refractivity contribution is 0.0211. The number of nitrogens with two attached hydrogens (primary N) is 1. The van der Waals surface area contributed by atoms with Crippen molar-refractivity contribution < 1.29 is 14.3 Å². The molecule has 0 bridgehead atoms. The van der Waals surface area contributed by atoms with Crippen LogP contribution in [0.3, 0.4) is 0 Å². The van der Waals surface area contributed by atoms with E-state index in [1.807, 2.05) is 27.7 Å². The zero-order chi connectivity index (χ0) is 23.9. The fourth-order valence-electron chi connectivity index (χ4n) is 3.24. The van der Waals surface area contributed by atoms with Crippen molar-refractivity contribution in [2.24, 2.45) is 15.9 Å². The number of aliphatic imine (C=N–C) groups is 1. The van der Waals surface area contributed by atoms with Crippen LogP contribution >= 0.6 is 9.16 Å². The number of hydrogen-bond donors (Lipinski definition) is 2. The van der Waals surface area contributed by atoms with Gasteiger partial charge in [0.15, 0.2) is 5.71 Å². The van der Waals surface area contributed by atoms with Crippen molar-refractivity contribution >= 4 is 27.2 Å². The van der Waals surface area contributed by atoms with Gasteiger partial charge in [0.1, 0.15) is 11.7 Å². The summed E-state index contributed by atoms with van der Waals surface area (Å²) in [5, 5.41) is 7.26. The van der Waals surface area contributed by atoms with E-state index in [0.29, 0.717) is 18.7 Å². The fourth-order valence-corrected chi connectivity index (χ4v) is 5.52. The second-order valence-electron chi connectivity index (χ2n) is 9.63. The van der Waals surface area contributed by atoms with Gasteiger partial charge in [-0.1, -0.05) is 26.0 Å². The number of carbonyl (C=O) groups is 1. The molecule has 31 heavy (non-hydrogen) atoms. The molecule has 0 aliphatic carbocycles. The zero-order valence-corrected chi connectivity index (χ0v) is 21.5. The van der Waals surface area contributed by atoms with Crippen molar-refractivity contribution in [1.29, 1.82) is 0 Å². The molecule has 2 N–H and O–H groups in total. The zero-order valence-electron chi connectivity index (χ0n) is 20.6. The van der Waals surface area contributed by atoms with E-state index in [0.717, 1.165) is 17.3 Å². The predicted octanol–water partition coefficient (Wildman–Crippen LogP) is 3.98. The molecular weight excluding hydrogens is 412 g/mol. The molecule has 1 heterocycles. The van der Waals surface area contributed by atoms with Crippen LogP contribution in [-0.2, 0) is 9.47 Å². The van der Waals surface area contributed by atoms with Gasteiger partial charge in [0, 0.05) is 12.5 Å². The van der Waals surface area contributed by atoms with Crippen LogP contribution in [0.25, 0.3) is 0 Å². The first-order chi connectivity index (χ1) is 14.3. The quantitative estimate of drug-likeness (QED) is 0.152. The number of likely N-dealkylation sites (tertiary alicyclic amines) is 1. The highest BCUT2D eigenvalue weighted by Gasteiger charge is 2.36. The first kappa shape index (κ1) is 26.9. The van der Waals surface area contributed by atoms with E-state index < -0.39 is 14.8 Å². The monoisotopic (exact) mass is 454 g/mol. The van der Waals surface area contributed by atoms with Gasteiger partial charge in [-0.25, -0.2) is 18.9 Å². The van der Waals surface area contributed by atoms with Crippen LogP contribution in [0.15, 0.2) is 22.6 Å². The maximum atomic E-state index is 12.4. The number of rotatable bonds is 7. The van der Waals surface area contributed by atoms with Gasteiger partial charge < -0.3 is 20.2 Å². The minimum atomic E-state index is -2.07. The molecule has 2 atom stereocenters. The molecule has 0 aromatic heterocycles. The molecule has 2 unspecified atom stereocenters. The summed E-state index contributed by atoms with van der Waals surface area (Å²) < 4.78 is 11.3. The summed E-state index contributed by atoms with van der Waals surface area (Å²) in [4.78, 5) is 18.3. The normalized spacial score (nSPS) is 21.2. The Labute approximate surface area is 188 Å². The molecule has 8 heteroatoms. The van der Waals surface area contributed by atoms with Crippen LogP contribution in [0.2, 0.25) is 0 Å².